The molecule has 0 amide bonds. The minimum Gasteiger partial charge on any atom is -0.466 e. The Morgan fingerprint density at radius 3 is 2.50 bits per heavy atom. The zero-order valence-electron chi connectivity index (χ0n) is 13.0. The Hall–Kier alpha value is -1.54. The van der Waals surface area contributed by atoms with E-state index in [1.165, 1.54) is 0 Å². The van der Waals surface area contributed by atoms with E-state index < -0.39 is 5.60 Å². The van der Waals surface area contributed by atoms with Crippen LogP contribution < -0.4 is 11.1 Å². The molecule has 2 rings (SSSR count). The number of guanidine groups is 1. The SMILES string of the molecule is Cc1cc(C(C)(O)CN=C(N)Nc2ccccc2)c(C)o1.I. The highest BCUT2D eigenvalue weighted by Gasteiger charge is 2.27. The third-order valence-corrected chi connectivity index (χ3v) is 3.22. The van der Waals surface area contributed by atoms with Crippen molar-refractivity contribution in [3.8, 4) is 0 Å². The van der Waals surface area contributed by atoms with E-state index in [9.17, 15) is 5.11 Å². The number of hydrogen-bond donors (Lipinski definition) is 3. The maximum absolute atomic E-state index is 10.5. The molecular formula is C16H22IN3O2. The van der Waals surface area contributed by atoms with Crippen LogP contribution in [0.4, 0.5) is 5.69 Å². The number of aliphatic hydroxyl groups is 1. The van der Waals surface area contributed by atoms with Crippen molar-refractivity contribution in [2.75, 3.05) is 11.9 Å². The predicted molar refractivity (Wildman–Crippen MR) is 99.7 cm³/mol. The second kappa shape index (κ2) is 7.64. The average Bonchev–Trinajstić information content (AvgIpc) is 2.78. The first-order valence-corrected chi connectivity index (χ1v) is 6.80. The zero-order chi connectivity index (χ0) is 15.5. The lowest BCUT2D eigenvalue weighted by Crippen LogP contribution is -2.29. The summed E-state index contributed by atoms with van der Waals surface area (Å²) in [6.07, 6.45) is 0. The van der Waals surface area contributed by atoms with Gasteiger partial charge in [0.25, 0.3) is 0 Å². The minimum atomic E-state index is -1.12. The van der Waals surface area contributed by atoms with Gasteiger partial charge in [-0.1, -0.05) is 18.2 Å². The molecule has 6 heteroatoms. The minimum absolute atomic E-state index is 0. The second-order valence-corrected chi connectivity index (χ2v) is 5.29. The van der Waals surface area contributed by atoms with Crippen LogP contribution in [-0.4, -0.2) is 17.6 Å². The first-order chi connectivity index (χ1) is 9.88. The predicted octanol–water partition coefficient (Wildman–Crippen LogP) is 3.15. The largest absolute Gasteiger partial charge is 0.466 e. The van der Waals surface area contributed by atoms with Crippen LogP contribution in [0.3, 0.4) is 0 Å². The van der Waals surface area contributed by atoms with Gasteiger partial charge in [0.2, 0.25) is 0 Å². The van der Waals surface area contributed by atoms with E-state index in [0.29, 0.717) is 5.76 Å². The molecule has 5 nitrogen and oxygen atoms in total. The molecule has 0 bridgehead atoms. The Bertz CT molecular complexity index is 636. The summed E-state index contributed by atoms with van der Waals surface area (Å²) in [7, 11) is 0. The fourth-order valence-corrected chi connectivity index (χ4v) is 2.20. The molecule has 1 aromatic carbocycles. The monoisotopic (exact) mass is 415 g/mol. The van der Waals surface area contributed by atoms with E-state index in [4.69, 9.17) is 10.2 Å². The lowest BCUT2D eigenvalue weighted by molar-refractivity contribution is 0.0658. The van der Waals surface area contributed by atoms with Gasteiger partial charge in [0.1, 0.15) is 17.1 Å². The summed E-state index contributed by atoms with van der Waals surface area (Å²) in [5.41, 5.74) is 6.31. The maximum atomic E-state index is 10.5. The molecule has 0 radical (unpaired) electrons. The number of furan rings is 1. The Morgan fingerprint density at radius 1 is 1.32 bits per heavy atom. The smallest absolute Gasteiger partial charge is 0.193 e. The molecule has 0 saturated carbocycles. The molecule has 0 fully saturated rings. The van der Waals surface area contributed by atoms with Gasteiger partial charge in [-0.25, -0.2) is 4.99 Å². The van der Waals surface area contributed by atoms with Gasteiger partial charge in [0.15, 0.2) is 5.96 Å². The molecule has 4 N–H and O–H groups in total. The van der Waals surface area contributed by atoms with Crippen molar-refractivity contribution in [1.82, 2.24) is 0 Å². The van der Waals surface area contributed by atoms with Crippen LogP contribution in [0.25, 0.3) is 0 Å². The molecule has 120 valence electrons. The van der Waals surface area contributed by atoms with E-state index in [1.54, 1.807) is 6.92 Å². The molecule has 2 aromatic rings. The lowest BCUT2D eigenvalue weighted by Gasteiger charge is -2.20. The van der Waals surface area contributed by atoms with Crippen molar-refractivity contribution in [2.45, 2.75) is 26.4 Å². The number of anilines is 1. The van der Waals surface area contributed by atoms with Crippen LogP contribution in [0.5, 0.6) is 0 Å². The zero-order valence-corrected chi connectivity index (χ0v) is 15.3. The molecule has 0 spiro atoms. The number of para-hydroxylation sites is 1. The van der Waals surface area contributed by atoms with Gasteiger partial charge in [-0.05, 0) is 39.0 Å². The number of aliphatic imine (C=N–C) groups is 1. The van der Waals surface area contributed by atoms with Crippen LogP contribution in [0.2, 0.25) is 0 Å². The Balaban J connectivity index is 0.00000242. The number of hydrogen-bond acceptors (Lipinski definition) is 3. The van der Waals surface area contributed by atoms with Crippen LogP contribution in [0, 0.1) is 13.8 Å². The number of nitrogens with zero attached hydrogens (tertiary/aromatic N) is 1. The van der Waals surface area contributed by atoms with Crippen LogP contribution in [0.15, 0.2) is 45.8 Å². The molecule has 0 aliphatic rings. The highest BCUT2D eigenvalue weighted by atomic mass is 127. The van der Waals surface area contributed by atoms with Gasteiger partial charge in [0.05, 0.1) is 6.54 Å². The van der Waals surface area contributed by atoms with Gasteiger partial charge in [-0.3, -0.25) is 0 Å². The fraction of sp³-hybridized carbons (Fsp3) is 0.312. The average molecular weight is 415 g/mol. The van der Waals surface area contributed by atoms with Crippen LogP contribution >= 0.6 is 24.0 Å². The number of benzene rings is 1. The number of rotatable bonds is 4. The summed E-state index contributed by atoms with van der Waals surface area (Å²) in [5.74, 6) is 1.73. The number of nitrogens with one attached hydrogen (secondary N) is 1. The third-order valence-electron chi connectivity index (χ3n) is 3.22. The summed E-state index contributed by atoms with van der Waals surface area (Å²) in [6.45, 7) is 5.52. The van der Waals surface area contributed by atoms with E-state index in [-0.39, 0.29) is 36.5 Å². The van der Waals surface area contributed by atoms with E-state index in [2.05, 4.69) is 10.3 Å². The maximum Gasteiger partial charge on any atom is 0.193 e. The molecule has 0 aliphatic heterocycles. The molecule has 1 aromatic heterocycles. The molecule has 22 heavy (non-hydrogen) atoms. The Labute approximate surface area is 147 Å². The van der Waals surface area contributed by atoms with Gasteiger partial charge >= 0.3 is 0 Å². The van der Waals surface area contributed by atoms with Crippen molar-refractivity contribution in [2.24, 2.45) is 10.7 Å². The Kier molecular flexibility index (Phi) is 6.43. The molecule has 0 aliphatic carbocycles. The Morgan fingerprint density at radius 2 is 1.95 bits per heavy atom. The van der Waals surface area contributed by atoms with Gasteiger partial charge in [-0.2, -0.15) is 0 Å². The van der Waals surface area contributed by atoms with E-state index >= 15 is 0 Å². The van der Waals surface area contributed by atoms with Gasteiger partial charge < -0.3 is 20.6 Å². The van der Waals surface area contributed by atoms with Crippen molar-refractivity contribution >= 4 is 35.6 Å². The van der Waals surface area contributed by atoms with Crippen molar-refractivity contribution in [3.05, 3.63) is 53.5 Å². The molecule has 1 atom stereocenters. The van der Waals surface area contributed by atoms with E-state index in [0.717, 1.165) is 17.0 Å². The first kappa shape index (κ1) is 18.5. The second-order valence-electron chi connectivity index (χ2n) is 5.29. The van der Waals surface area contributed by atoms with Gasteiger partial charge in [-0.15, -0.1) is 24.0 Å². The summed E-state index contributed by atoms with van der Waals surface area (Å²) < 4.78 is 5.45. The highest BCUT2D eigenvalue weighted by molar-refractivity contribution is 14.0. The summed E-state index contributed by atoms with van der Waals surface area (Å²) in [5, 5.41) is 13.5. The molecule has 0 saturated heterocycles. The van der Waals surface area contributed by atoms with Crippen molar-refractivity contribution in [3.63, 3.8) is 0 Å². The fourth-order valence-electron chi connectivity index (χ4n) is 2.20. The molecular weight excluding hydrogens is 393 g/mol. The molecule has 1 unspecified atom stereocenters. The van der Waals surface area contributed by atoms with Crippen LogP contribution in [0.1, 0.15) is 24.0 Å². The van der Waals surface area contributed by atoms with Crippen molar-refractivity contribution in [1.29, 1.82) is 0 Å². The van der Waals surface area contributed by atoms with Gasteiger partial charge in [0, 0.05) is 11.3 Å². The standard InChI is InChI=1S/C16H21N3O2.HI/c1-11-9-14(12(2)21-11)16(3,20)10-18-15(17)19-13-7-5-4-6-8-13;/h4-9,20H,10H2,1-3H3,(H3,17,18,19);1H. The van der Waals surface area contributed by atoms with E-state index in [1.807, 2.05) is 50.2 Å². The number of aryl methyl sites for hydroxylation is 2. The highest BCUT2D eigenvalue weighted by Crippen LogP contribution is 2.27. The summed E-state index contributed by atoms with van der Waals surface area (Å²) in [4.78, 5) is 4.21. The lowest BCUT2D eigenvalue weighted by atomic mass is 9.96. The summed E-state index contributed by atoms with van der Waals surface area (Å²) in [6, 6.07) is 11.3. The first-order valence-electron chi connectivity index (χ1n) is 6.80. The third kappa shape index (κ3) is 4.74. The topological polar surface area (TPSA) is 83.8 Å². The van der Waals surface area contributed by atoms with Crippen LogP contribution in [-0.2, 0) is 5.60 Å². The summed E-state index contributed by atoms with van der Waals surface area (Å²) >= 11 is 0. The number of nitrogens with two attached hydrogens (primary N) is 1. The van der Waals surface area contributed by atoms with Crippen molar-refractivity contribution < 1.29 is 9.52 Å². The normalized spacial score (nSPS) is 14.1. The number of halogens is 1. The quantitative estimate of drug-likeness (QED) is 0.407. The molecule has 1 heterocycles.